The van der Waals surface area contributed by atoms with Crippen LogP contribution in [0.1, 0.15) is 5.56 Å². The number of nitrogens with one attached hydrogen (secondary N) is 3. The van der Waals surface area contributed by atoms with Crippen LogP contribution in [0.25, 0.3) is 0 Å². The summed E-state index contributed by atoms with van der Waals surface area (Å²) in [7, 11) is 2.77. The Morgan fingerprint density at radius 3 is 2.57 bits per heavy atom. The fourth-order valence-electron chi connectivity index (χ4n) is 2.14. The Morgan fingerprint density at radius 1 is 1.10 bits per heavy atom. The van der Waals surface area contributed by atoms with Gasteiger partial charge in [0, 0.05) is 7.05 Å². The van der Waals surface area contributed by atoms with E-state index >= 15 is 0 Å². The van der Waals surface area contributed by atoms with Crippen LogP contribution in [-0.2, 0) is 14.4 Å². The molecule has 0 spiro atoms. The van der Waals surface area contributed by atoms with Gasteiger partial charge < -0.3 is 20.1 Å². The molecule has 0 aliphatic rings. The molecule has 3 amide bonds. The van der Waals surface area contributed by atoms with Gasteiger partial charge in [0.1, 0.15) is 0 Å². The molecule has 0 saturated carbocycles. The summed E-state index contributed by atoms with van der Waals surface area (Å²) in [5.41, 5.74) is 3.01. The van der Waals surface area contributed by atoms with E-state index in [9.17, 15) is 14.4 Å². The molecule has 0 aromatic heterocycles. The van der Waals surface area contributed by atoms with E-state index in [1.54, 1.807) is 36.4 Å². The minimum absolute atomic E-state index is 0.234. The van der Waals surface area contributed by atoms with Crippen molar-refractivity contribution in [2.45, 2.75) is 0 Å². The van der Waals surface area contributed by atoms with Crippen LogP contribution in [0.3, 0.4) is 0 Å². The highest BCUT2D eigenvalue weighted by molar-refractivity contribution is 6.44. The Hall–Kier alpha value is -3.30. The molecule has 2 rings (SSSR count). The van der Waals surface area contributed by atoms with Crippen molar-refractivity contribution < 1.29 is 23.9 Å². The molecule has 2 aromatic rings. The van der Waals surface area contributed by atoms with Crippen molar-refractivity contribution in [3.63, 3.8) is 0 Å². The number of carbonyl (C=O) groups excluding carboxylic acids is 3. The molecule has 0 heterocycles. The van der Waals surface area contributed by atoms with Gasteiger partial charge in [-0.05, 0) is 35.9 Å². The summed E-state index contributed by atoms with van der Waals surface area (Å²) in [5, 5.41) is 9.02. The monoisotopic (exact) mass is 452 g/mol. The van der Waals surface area contributed by atoms with Crippen molar-refractivity contribution >= 4 is 52.8 Å². The van der Waals surface area contributed by atoms with Crippen molar-refractivity contribution in [2.24, 2.45) is 5.10 Å². The standard InChI is InChI=1S/C19H18Cl2N4O5/c1-22-18(27)19(28)25-23-9-11-6-7-14(15(8-11)29-2)30-10-16(26)24-13-5-3-4-12(20)17(13)21/h3-9H,10H2,1-2H3,(H,22,27)(H,24,26)(H,25,28)/b23-9-. The molecule has 0 radical (unpaired) electrons. The summed E-state index contributed by atoms with van der Waals surface area (Å²) < 4.78 is 10.7. The van der Waals surface area contributed by atoms with E-state index in [0.717, 1.165) is 0 Å². The highest BCUT2D eigenvalue weighted by Gasteiger charge is 2.12. The van der Waals surface area contributed by atoms with Gasteiger partial charge in [-0.25, -0.2) is 5.43 Å². The molecule has 0 fully saturated rings. The zero-order valence-corrected chi connectivity index (χ0v) is 17.5. The van der Waals surface area contributed by atoms with Crippen LogP contribution in [0.5, 0.6) is 11.5 Å². The van der Waals surface area contributed by atoms with E-state index in [2.05, 4.69) is 21.2 Å². The Morgan fingerprint density at radius 2 is 1.87 bits per heavy atom. The van der Waals surface area contributed by atoms with Crippen LogP contribution in [0.2, 0.25) is 10.0 Å². The minimum Gasteiger partial charge on any atom is -0.493 e. The van der Waals surface area contributed by atoms with E-state index in [4.69, 9.17) is 32.7 Å². The molecule has 0 unspecified atom stereocenters. The fourth-order valence-corrected chi connectivity index (χ4v) is 2.49. The predicted octanol–water partition coefficient (Wildman–Crippen LogP) is 2.22. The lowest BCUT2D eigenvalue weighted by molar-refractivity contribution is -0.138. The summed E-state index contributed by atoms with van der Waals surface area (Å²) in [6, 6.07) is 9.65. The minimum atomic E-state index is -0.897. The quantitative estimate of drug-likeness (QED) is 0.338. The molecular weight excluding hydrogens is 435 g/mol. The molecule has 3 N–H and O–H groups in total. The third-order valence-electron chi connectivity index (χ3n) is 3.59. The first-order valence-electron chi connectivity index (χ1n) is 8.45. The molecule has 30 heavy (non-hydrogen) atoms. The lowest BCUT2D eigenvalue weighted by atomic mass is 10.2. The maximum absolute atomic E-state index is 12.1. The number of anilines is 1. The summed E-state index contributed by atoms with van der Waals surface area (Å²) in [4.78, 5) is 34.6. The van der Waals surface area contributed by atoms with Gasteiger partial charge in [0.25, 0.3) is 5.91 Å². The molecular formula is C19H18Cl2N4O5. The summed E-state index contributed by atoms with van der Waals surface area (Å²) in [6.07, 6.45) is 1.32. The van der Waals surface area contributed by atoms with Crippen molar-refractivity contribution in [2.75, 3.05) is 26.1 Å². The van der Waals surface area contributed by atoms with Gasteiger partial charge in [-0.1, -0.05) is 29.3 Å². The van der Waals surface area contributed by atoms with Crippen LogP contribution in [0.4, 0.5) is 5.69 Å². The van der Waals surface area contributed by atoms with Crippen LogP contribution in [0, 0.1) is 0 Å². The van der Waals surface area contributed by atoms with Gasteiger partial charge in [0.15, 0.2) is 18.1 Å². The van der Waals surface area contributed by atoms with Crippen molar-refractivity contribution in [1.82, 2.24) is 10.7 Å². The zero-order chi connectivity index (χ0) is 22.1. The van der Waals surface area contributed by atoms with Crippen LogP contribution in [0.15, 0.2) is 41.5 Å². The fraction of sp³-hybridized carbons (Fsp3) is 0.158. The Balaban J connectivity index is 1.98. The SMILES string of the molecule is CNC(=O)C(=O)N/N=C\c1ccc(OCC(=O)Nc2cccc(Cl)c2Cl)c(OC)c1. The third kappa shape index (κ3) is 6.36. The smallest absolute Gasteiger partial charge is 0.329 e. The maximum atomic E-state index is 12.1. The predicted molar refractivity (Wildman–Crippen MR) is 113 cm³/mol. The number of halogens is 2. The average molecular weight is 453 g/mol. The normalized spacial score (nSPS) is 10.4. The van der Waals surface area contributed by atoms with Crippen molar-refractivity contribution in [3.8, 4) is 11.5 Å². The first-order chi connectivity index (χ1) is 14.3. The molecule has 0 bridgehead atoms. The van der Waals surface area contributed by atoms with E-state index < -0.39 is 17.7 Å². The Kier molecular flexibility index (Phi) is 8.45. The molecule has 158 valence electrons. The lowest BCUT2D eigenvalue weighted by Crippen LogP contribution is -2.35. The number of nitrogens with zero attached hydrogens (tertiary/aromatic N) is 1. The number of hydrogen-bond donors (Lipinski definition) is 3. The Bertz CT molecular complexity index is 981. The van der Waals surface area contributed by atoms with E-state index in [1.807, 2.05) is 0 Å². The third-order valence-corrected chi connectivity index (χ3v) is 4.40. The molecule has 0 saturated heterocycles. The van der Waals surface area contributed by atoms with E-state index in [0.29, 0.717) is 27.8 Å². The molecule has 9 nitrogen and oxygen atoms in total. The number of ether oxygens (including phenoxy) is 2. The first kappa shape index (κ1) is 23.0. The molecule has 2 aromatic carbocycles. The van der Waals surface area contributed by atoms with Crippen LogP contribution in [-0.4, -0.2) is 44.7 Å². The summed E-state index contributed by atoms with van der Waals surface area (Å²) >= 11 is 12.0. The van der Waals surface area contributed by atoms with Gasteiger partial charge in [-0.15, -0.1) is 0 Å². The van der Waals surface area contributed by atoms with Gasteiger partial charge in [0.2, 0.25) is 0 Å². The number of rotatable bonds is 7. The number of hydrogen-bond acceptors (Lipinski definition) is 6. The van der Waals surface area contributed by atoms with Gasteiger partial charge >= 0.3 is 11.8 Å². The van der Waals surface area contributed by atoms with Crippen LogP contribution < -0.4 is 25.5 Å². The number of benzene rings is 2. The molecule has 11 heteroatoms. The highest BCUT2D eigenvalue weighted by Crippen LogP contribution is 2.30. The summed E-state index contributed by atoms with van der Waals surface area (Å²) in [6.45, 7) is -0.297. The molecule has 0 aliphatic carbocycles. The maximum Gasteiger partial charge on any atom is 0.329 e. The number of likely N-dealkylation sites (N-methyl/N-ethyl adjacent to an activating group) is 1. The lowest BCUT2D eigenvalue weighted by Gasteiger charge is -2.12. The van der Waals surface area contributed by atoms with Gasteiger partial charge in [-0.3, -0.25) is 14.4 Å². The van der Waals surface area contributed by atoms with Crippen molar-refractivity contribution in [1.29, 1.82) is 0 Å². The number of carbonyl (C=O) groups is 3. The summed E-state index contributed by atoms with van der Waals surface area (Å²) in [5.74, 6) is -1.50. The number of hydrazone groups is 1. The second kappa shape index (κ2) is 11.0. The topological polar surface area (TPSA) is 118 Å². The number of amides is 3. The Labute approximate surface area is 182 Å². The second-order valence-corrected chi connectivity index (χ2v) is 6.41. The highest BCUT2D eigenvalue weighted by atomic mass is 35.5. The van der Waals surface area contributed by atoms with E-state index in [-0.39, 0.29) is 11.6 Å². The molecule has 0 atom stereocenters. The number of methoxy groups -OCH3 is 1. The molecule has 0 aliphatic heterocycles. The van der Waals surface area contributed by atoms with Gasteiger partial charge in [-0.2, -0.15) is 5.10 Å². The van der Waals surface area contributed by atoms with Gasteiger partial charge in [0.05, 0.1) is 29.1 Å². The average Bonchev–Trinajstić information content (AvgIpc) is 2.75. The second-order valence-electron chi connectivity index (χ2n) is 5.63. The first-order valence-corrected chi connectivity index (χ1v) is 9.21. The van der Waals surface area contributed by atoms with E-state index in [1.165, 1.54) is 20.4 Å². The van der Waals surface area contributed by atoms with Crippen LogP contribution >= 0.6 is 23.2 Å². The van der Waals surface area contributed by atoms with Crippen molar-refractivity contribution in [3.05, 3.63) is 52.0 Å². The largest absolute Gasteiger partial charge is 0.493 e. The zero-order valence-electron chi connectivity index (χ0n) is 16.0.